The molecule has 0 saturated heterocycles. The molecule has 1 aliphatic heterocycles. The van der Waals surface area contributed by atoms with Gasteiger partial charge in [-0.25, -0.2) is 0 Å². The summed E-state index contributed by atoms with van der Waals surface area (Å²) in [6, 6.07) is 15.2. The first kappa shape index (κ1) is 20.7. The summed E-state index contributed by atoms with van der Waals surface area (Å²) in [6.45, 7) is 0.951. The second-order valence-electron chi connectivity index (χ2n) is 6.88. The molecule has 1 atom stereocenters. The van der Waals surface area contributed by atoms with Crippen molar-refractivity contribution in [2.45, 2.75) is 12.5 Å². The van der Waals surface area contributed by atoms with Gasteiger partial charge in [-0.1, -0.05) is 18.2 Å². The molecule has 31 heavy (non-hydrogen) atoms. The molecule has 3 aromatic rings. The molecule has 0 spiro atoms. The molecule has 0 unspecified atom stereocenters. The molecule has 160 valence electrons. The Hall–Kier alpha value is -3.52. The van der Waals surface area contributed by atoms with Gasteiger partial charge < -0.3 is 24.8 Å². The van der Waals surface area contributed by atoms with Crippen molar-refractivity contribution in [2.24, 2.45) is 0 Å². The highest BCUT2D eigenvalue weighted by atomic mass is 32.1. The molecule has 0 radical (unpaired) electrons. The molecule has 2 N–H and O–H groups in total. The molecule has 0 aliphatic carbocycles. The van der Waals surface area contributed by atoms with E-state index in [-0.39, 0.29) is 18.2 Å². The molecule has 4 rings (SSSR count). The summed E-state index contributed by atoms with van der Waals surface area (Å²) in [4.78, 5) is 26.7. The van der Waals surface area contributed by atoms with Gasteiger partial charge in [0.25, 0.3) is 5.91 Å². The lowest BCUT2D eigenvalue weighted by atomic mass is 10.1. The van der Waals surface area contributed by atoms with Crippen LogP contribution in [0.3, 0.4) is 0 Å². The van der Waals surface area contributed by atoms with Gasteiger partial charge in [0.2, 0.25) is 5.91 Å². The SMILES string of the molecule is COc1ccc([C@@H](NC(=O)Cc2cccs2)C(=O)Nc2ccc3c(c2)OCCO3)cc1. The minimum atomic E-state index is -0.869. The number of fused-ring (bicyclic) bond motifs is 1. The van der Waals surface area contributed by atoms with Gasteiger partial charge in [0.15, 0.2) is 11.5 Å². The van der Waals surface area contributed by atoms with Gasteiger partial charge in [-0.15, -0.1) is 11.3 Å². The minimum absolute atomic E-state index is 0.210. The van der Waals surface area contributed by atoms with Gasteiger partial charge in [-0.05, 0) is 41.3 Å². The molecule has 2 amide bonds. The average Bonchev–Trinajstić information content (AvgIpc) is 3.30. The van der Waals surface area contributed by atoms with Crippen LogP contribution in [-0.4, -0.2) is 32.1 Å². The largest absolute Gasteiger partial charge is 0.497 e. The summed E-state index contributed by atoms with van der Waals surface area (Å²) < 4.78 is 16.3. The fourth-order valence-electron chi connectivity index (χ4n) is 3.22. The van der Waals surface area contributed by atoms with Gasteiger partial charge >= 0.3 is 0 Å². The maximum atomic E-state index is 13.1. The lowest BCUT2D eigenvalue weighted by Gasteiger charge is -2.21. The van der Waals surface area contributed by atoms with E-state index in [0.29, 0.717) is 41.7 Å². The van der Waals surface area contributed by atoms with Gasteiger partial charge in [-0.2, -0.15) is 0 Å². The van der Waals surface area contributed by atoms with Crippen molar-refractivity contribution >= 4 is 28.8 Å². The molecule has 1 aliphatic rings. The van der Waals surface area contributed by atoms with E-state index in [1.807, 2.05) is 17.5 Å². The van der Waals surface area contributed by atoms with Crippen molar-refractivity contribution in [3.63, 3.8) is 0 Å². The number of thiophene rings is 1. The van der Waals surface area contributed by atoms with Crippen LogP contribution in [0.15, 0.2) is 60.0 Å². The zero-order valence-corrected chi connectivity index (χ0v) is 17.7. The van der Waals surface area contributed by atoms with Crippen molar-refractivity contribution in [1.29, 1.82) is 0 Å². The highest BCUT2D eigenvalue weighted by molar-refractivity contribution is 7.10. The first-order valence-corrected chi connectivity index (χ1v) is 10.7. The summed E-state index contributed by atoms with van der Waals surface area (Å²) in [6.07, 6.45) is 0.210. The predicted octanol–water partition coefficient (Wildman–Crippen LogP) is 3.57. The zero-order chi connectivity index (χ0) is 21.6. The van der Waals surface area contributed by atoms with Gasteiger partial charge in [0, 0.05) is 16.6 Å². The molecule has 1 aromatic heterocycles. The van der Waals surface area contributed by atoms with E-state index < -0.39 is 6.04 Å². The van der Waals surface area contributed by atoms with E-state index in [1.165, 1.54) is 11.3 Å². The second kappa shape index (κ2) is 9.53. The van der Waals surface area contributed by atoms with Crippen LogP contribution in [-0.2, 0) is 16.0 Å². The number of benzene rings is 2. The Labute approximate surface area is 183 Å². The Morgan fingerprint density at radius 3 is 2.55 bits per heavy atom. The summed E-state index contributed by atoms with van der Waals surface area (Å²) in [5.41, 5.74) is 1.20. The number of amides is 2. The number of nitrogens with one attached hydrogen (secondary N) is 2. The number of carbonyl (C=O) groups is 2. The van der Waals surface area contributed by atoms with Crippen LogP contribution in [0, 0.1) is 0 Å². The van der Waals surface area contributed by atoms with Crippen LogP contribution in [0.2, 0.25) is 0 Å². The van der Waals surface area contributed by atoms with Crippen molar-refractivity contribution in [1.82, 2.24) is 5.32 Å². The number of hydrogen-bond donors (Lipinski definition) is 2. The Kier molecular flexibility index (Phi) is 6.37. The first-order valence-electron chi connectivity index (χ1n) is 9.78. The first-order chi connectivity index (χ1) is 15.1. The third kappa shape index (κ3) is 5.16. The number of methoxy groups -OCH3 is 1. The lowest BCUT2D eigenvalue weighted by molar-refractivity contribution is -0.126. The third-order valence-corrected chi connectivity index (χ3v) is 5.62. The van der Waals surface area contributed by atoms with E-state index in [9.17, 15) is 9.59 Å². The quantitative estimate of drug-likeness (QED) is 0.589. The van der Waals surface area contributed by atoms with E-state index >= 15 is 0 Å². The number of ether oxygens (including phenoxy) is 3. The Morgan fingerprint density at radius 2 is 1.84 bits per heavy atom. The van der Waals surface area contributed by atoms with Gasteiger partial charge in [0.05, 0.1) is 13.5 Å². The highest BCUT2D eigenvalue weighted by Gasteiger charge is 2.24. The van der Waals surface area contributed by atoms with E-state index in [1.54, 1.807) is 49.6 Å². The van der Waals surface area contributed by atoms with Gasteiger partial charge in [0.1, 0.15) is 25.0 Å². The standard InChI is InChI=1S/C23H22N2O5S/c1-28-17-7-4-15(5-8-17)22(25-21(26)14-18-3-2-12-31-18)23(27)24-16-6-9-19-20(13-16)30-11-10-29-19/h2-9,12-13,22H,10-11,14H2,1H3,(H,24,27)(H,25,26)/t22-/m1/s1. The van der Waals surface area contributed by atoms with Crippen molar-refractivity contribution in [3.05, 3.63) is 70.4 Å². The molecule has 0 fully saturated rings. The fraction of sp³-hybridized carbons (Fsp3) is 0.217. The smallest absolute Gasteiger partial charge is 0.251 e. The maximum Gasteiger partial charge on any atom is 0.251 e. The maximum absolute atomic E-state index is 13.1. The number of carbonyl (C=O) groups excluding carboxylic acids is 2. The zero-order valence-electron chi connectivity index (χ0n) is 16.9. The van der Waals surface area contributed by atoms with Crippen LogP contribution in [0.25, 0.3) is 0 Å². The molecule has 0 saturated carbocycles. The number of rotatable bonds is 7. The molecule has 8 heteroatoms. The van der Waals surface area contributed by atoms with Crippen LogP contribution < -0.4 is 24.8 Å². The lowest BCUT2D eigenvalue weighted by Crippen LogP contribution is -2.37. The van der Waals surface area contributed by atoms with Gasteiger partial charge in [-0.3, -0.25) is 9.59 Å². The second-order valence-corrected chi connectivity index (χ2v) is 7.91. The molecule has 2 heterocycles. The monoisotopic (exact) mass is 438 g/mol. The molecular weight excluding hydrogens is 416 g/mol. The average molecular weight is 439 g/mol. The Bertz CT molecular complexity index is 1050. The molecule has 0 bridgehead atoms. The molecular formula is C23H22N2O5S. The van der Waals surface area contributed by atoms with E-state index in [2.05, 4.69) is 10.6 Å². The highest BCUT2D eigenvalue weighted by Crippen LogP contribution is 2.33. The summed E-state index contributed by atoms with van der Waals surface area (Å²) >= 11 is 1.50. The minimum Gasteiger partial charge on any atom is -0.497 e. The van der Waals surface area contributed by atoms with Crippen molar-refractivity contribution < 1.29 is 23.8 Å². The van der Waals surface area contributed by atoms with Crippen molar-refractivity contribution in [3.8, 4) is 17.2 Å². The van der Waals surface area contributed by atoms with Crippen LogP contribution in [0.4, 0.5) is 5.69 Å². The Balaban J connectivity index is 1.53. The summed E-state index contributed by atoms with van der Waals surface area (Å²) in [5.74, 6) is 1.29. The number of anilines is 1. The van der Waals surface area contributed by atoms with Crippen molar-refractivity contribution in [2.75, 3.05) is 25.6 Å². The normalized spacial score (nSPS) is 13.2. The fourth-order valence-corrected chi connectivity index (χ4v) is 3.92. The van der Waals surface area contributed by atoms with Crippen LogP contribution in [0.5, 0.6) is 17.2 Å². The van der Waals surface area contributed by atoms with E-state index in [4.69, 9.17) is 14.2 Å². The van der Waals surface area contributed by atoms with Crippen LogP contribution >= 0.6 is 11.3 Å². The Morgan fingerprint density at radius 1 is 1.06 bits per heavy atom. The predicted molar refractivity (Wildman–Crippen MR) is 118 cm³/mol. The van der Waals surface area contributed by atoms with Crippen LogP contribution in [0.1, 0.15) is 16.5 Å². The summed E-state index contributed by atoms with van der Waals surface area (Å²) in [5, 5.41) is 7.63. The molecule has 7 nitrogen and oxygen atoms in total. The number of hydrogen-bond acceptors (Lipinski definition) is 6. The summed E-state index contributed by atoms with van der Waals surface area (Å²) in [7, 11) is 1.57. The third-order valence-electron chi connectivity index (χ3n) is 4.74. The molecule has 2 aromatic carbocycles. The van der Waals surface area contributed by atoms with E-state index in [0.717, 1.165) is 4.88 Å². The topological polar surface area (TPSA) is 85.9 Å².